The van der Waals surface area contributed by atoms with Crippen LogP contribution in [0, 0.1) is 17.8 Å². The summed E-state index contributed by atoms with van der Waals surface area (Å²) in [7, 11) is -9.92. The Morgan fingerprint density at radius 3 is 0.687 bits per heavy atom. The van der Waals surface area contributed by atoms with Crippen LogP contribution in [0.3, 0.4) is 0 Å². The van der Waals surface area contributed by atoms with Gasteiger partial charge in [-0.3, -0.25) is 37.3 Å². The predicted molar refractivity (Wildman–Crippen MR) is 405 cm³/mol. The maximum Gasteiger partial charge on any atom is 0.472 e. The highest BCUT2D eigenvalue weighted by Gasteiger charge is 2.30. The molecule has 0 radical (unpaired) electrons. The van der Waals surface area contributed by atoms with Gasteiger partial charge in [0.2, 0.25) is 0 Å². The average molecular weight is 1450 g/mol. The van der Waals surface area contributed by atoms with Crippen molar-refractivity contribution >= 4 is 39.5 Å². The van der Waals surface area contributed by atoms with Crippen molar-refractivity contribution in [1.29, 1.82) is 0 Å². The van der Waals surface area contributed by atoms with E-state index in [1.807, 2.05) is 0 Å². The molecular weight excluding hydrogens is 1290 g/mol. The van der Waals surface area contributed by atoms with E-state index in [0.717, 1.165) is 108 Å². The highest BCUT2D eigenvalue weighted by atomic mass is 31.2. The van der Waals surface area contributed by atoms with E-state index in [2.05, 4.69) is 48.5 Å². The number of aliphatic hydroxyl groups is 1. The zero-order chi connectivity index (χ0) is 73.0. The van der Waals surface area contributed by atoms with Crippen LogP contribution in [0.4, 0.5) is 0 Å². The predicted octanol–water partition coefficient (Wildman–Crippen LogP) is 23.7. The lowest BCUT2D eigenvalue weighted by atomic mass is 10.0. The zero-order valence-corrected chi connectivity index (χ0v) is 66.8. The molecule has 0 aliphatic carbocycles. The monoisotopic (exact) mass is 1450 g/mol. The number of phosphoric ester groups is 2. The molecule has 3 N–H and O–H groups in total. The minimum Gasteiger partial charge on any atom is -0.462 e. The maximum atomic E-state index is 13.1. The van der Waals surface area contributed by atoms with Gasteiger partial charge in [-0.2, -0.15) is 0 Å². The summed E-state index contributed by atoms with van der Waals surface area (Å²) in [6, 6.07) is 0. The highest BCUT2D eigenvalue weighted by Crippen LogP contribution is 2.45. The molecule has 17 nitrogen and oxygen atoms in total. The number of hydrogen-bond acceptors (Lipinski definition) is 15. The quantitative estimate of drug-likeness (QED) is 0.0222. The molecule has 2 unspecified atom stereocenters. The zero-order valence-electron chi connectivity index (χ0n) is 65.0. The summed E-state index contributed by atoms with van der Waals surface area (Å²) in [4.78, 5) is 72.9. The van der Waals surface area contributed by atoms with Crippen LogP contribution in [0.5, 0.6) is 0 Å². The maximum absolute atomic E-state index is 13.1. The molecule has 0 saturated heterocycles. The molecule has 0 amide bonds. The van der Waals surface area contributed by atoms with Gasteiger partial charge in [0, 0.05) is 25.7 Å². The Bertz CT molecular complexity index is 1920. The smallest absolute Gasteiger partial charge is 0.462 e. The van der Waals surface area contributed by atoms with Gasteiger partial charge in [-0.05, 0) is 43.4 Å². The molecule has 0 heterocycles. The minimum absolute atomic E-state index is 0.107. The molecule has 0 aliphatic heterocycles. The number of carbonyl (C=O) groups excluding carboxylic acids is 4. The van der Waals surface area contributed by atoms with Crippen molar-refractivity contribution in [2.45, 2.75) is 433 Å². The SMILES string of the molecule is CCCCCCCCCCCCCCCC(=O)O[C@H](COC(=O)CCCCCCCCC(C)C)COP(=O)(O)OC[C@H](O)COP(=O)(O)OC[C@@H](COC(=O)CCCCCCCCCCCCCCCC(C)C)OC(=O)CCCCCCCCCCCCCCCCCCCCC(C)C. The molecular formula is C80H156O17P2. The van der Waals surface area contributed by atoms with Gasteiger partial charge in [-0.1, -0.05) is 363 Å². The van der Waals surface area contributed by atoms with Gasteiger partial charge in [0.15, 0.2) is 12.2 Å². The second-order valence-electron chi connectivity index (χ2n) is 30.2. The molecule has 0 rings (SSSR count). The van der Waals surface area contributed by atoms with E-state index in [-0.39, 0.29) is 25.7 Å². The molecule has 0 saturated carbocycles. The second-order valence-corrected chi connectivity index (χ2v) is 33.1. The van der Waals surface area contributed by atoms with Crippen molar-refractivity contribution in [3.8, 4) is 0 Å². The Morgan fingerprint density at radius 2 is 0.465 bits per heavy atom. The van der Waals surface area contributed by atoms with Crippen molar-refractivity contribution in [3.05, 3.63) is 0 Å². The number of phosphoric acid groups is 2. The van der Waals surface area contributed by atoms with Crippen LogP contribution in [0.25, 0.3) is 0 Å². The van der Waals surface area contributed by atoms with Crippen LogP contribution in [0.1, 0.15) is 414 Å². The minimum atomic E-state index is -4.96. The standard InChI is InChI=1S/C80H156O17P2/c1-8-9-10-11-12-13-14-22-30-35-40-49-56-63-80(85)97-76(68-91-78(83)62-55-48-43-42-46-53-60-73(6)7)70-95-99(88,89)93-66-74(81)65-92-98(86,87)94-69-75(67-90-77(82)61-54-47-39-34-29-26-21-24-28-33-38-45-52-59-72(4)5)96-79(84)64-57-50-41-36-31-25-20-18-16-15-17-19-23-27-32-37-44-51-58-71(2)3/h71-76,81H,8-70H2,1-7H3,(H,86,87)(H,88,89)/t74-,75-,76-/m1/s1. The Hall–Kier alpha value is -1.94. The van der Waals surface area contributed by atoms with E-state index in [0.29, 0.717) is 31.6 Å². The van der Waals surface area contributed by atoms with E-state index < -0.39 is 97.5 Å². The Labute approximate surface area is 607 Å². The van der Waals surface area contributed by atoms with Gasteiger partial charge in [0.25, 0.3) is 0 Å². The number of rotatable bonds is 78. The van der Waals surface area contributed by atoms with Crippen LogP contribution in [-0.4, -0.2) is 96.7 Å². The number of esters is 4. The first-order chi connectivity index (χ1) is 47.7. The van der Waals surface area contributed by atoms with Crippen molar-refractivity contribution < 1.29 is 80.2 Å². The number of aliphatic hydroxyl groups excluding tert-OH is 1. The third-order valence-corrected chi connectivity index (χ3v) is 20.5. The summed E-state index contributed by atoms with van der Waals surface area (Å²) < 4.78 is 68.6. The molecule has 588 valence electrons. The average Bonchev–Trinajstić information content (AvgIpc) is 1.09. The van der Waals surface area contributed by atoms with Crippen LogP contribution in [0.2, 0.25) is 0 Å². The lowest BCUT2D eigenvalue weighted by Crippen LogP contribution is -2.30. The molecule has 0 bridgehead atoms. The fourth-order valence-electron chi connectivity index (χ4n) is 12.3. The number of carbonyl (C=O) groups is 4. The first kappa shape index (κ1) is 97.1. The number of unbranched alkanes of at least 4 members (excludes halogenated alkanes) is 46. The van der Waals surface area contributed by atoms with Crippen molar-refractivity contribution in [2.75, 3.05) is 39.6 Å². The Morgan fingerprint density at radius 1 is 0.273 bits per heavy atom. The molecule has 0 aliphatic rings. The lowest BCUT2D eigenvalue weighted by molar-refractivity contribution is -0.161. The van der Waals surface area contributed by atoms with Crippen LogP contribution in [0.15, 0.2) is 0 Å². The topological polar surface area (TPSA) is 237 Å². The van der Waals surface area contributed by atoms with E-state index in [9.17, 15) is 43.2 Å². The third-order valence-electron chi connectivity index (χ3n) is 18.6. The third kappa shape index (κ3) is 74.1. The highest BCUT2D eigenvalue weighted by molar-refractivity contribution is 7.47. The van der Waals surface area contributed by atoms with Gasteiger partial charge >= 0.3 is 39.5 Å². The number of hydrogen-bond donors (Lipinski definition) is 3. The van der Waals surface area contributed by atoms with E-state index >= 15 is 0 Å². The first-order valence-electron chi connectivity index (χ1n) is 41.3. The first-order valence-corrected chi connectivity index (χ1v) is 44.3. The molecule has 0 spiro atoms. The largest absolute Gasteiger partial charge is 0.472 e. The second kappa shape index (κ2) is 70.4. The lowest BCUT2D eigenvalue weighted by Gasteiger charge is -2.21. The van der Waals surface area contributed by atoms with Crippen LogP contribution >= 0.6 is 15.6 Å². The van der Waals surface area contributed by atoms with Crippen molar-refractivity contribution in [2.24, 2.45) is 17.8 Å². The van der Waals surface area contributed by atoms with Crippen molar-refractivity contribution in [3.63, 3.8) is 0 Å². The van der Waals surface area contributed by atoms with Gasteiger partial charge in [-0.15, -0.1) is 0 Å². The normalized spacial score (nSPS) is 14.0. The van der Waals surface area contributed by atoms with Gasteiger partial charge < -0.3 is 33.8 Å². The molecule has 19 heteroatoms. The van der Waals surface area contributed by atoms with Gasteiger partial charge in [0.05, 0.1) is 26.4 Å². The molecule has 0 fully saturated rings. The summed E-state index contributed by atoms with van der Waals surface area (Å²) in [6.07, 6.45) is 58.4. The molecule has 0 aromatic rings. The van der Waals surface area contributed by atoms with E-state index in [1.165, 1.54) is 218 Å². The summed E-state index contributed by atoms with van der Waals surface area (Å²) in [6.45, 7) is 11.9. The summed E-state index contributed by atoms with van der Waals surface area (Å²) in [5.41, 5.74) is 0. The van der Waals surface area contributed by atoms with Crippen molar-refractivity contribution in [1.82, 2.24) is 0 Å². The summed E-state index contributed by atoms with van der Waals surface area (Å²) in [5, 5.41) is 10.6. The van der Waals surface area contributed by atoms with E-state index in [1.54, 1.807) is 0 Å². The van der Waals surface area contributed by atoms with Gasteiger partial charge in [0.1, 0.15) is 19.3 Å². The summed E-state index contributed by atoms with van der Waals surface area (Å²) in [5.74, 6) is 0.177. The summed E-state index contributed by atoms with van der Waals surface area (Å²) >= 11 is 0. The Kier molecular flexibility index (Phi) is 69.0. The molecule has 99 heavy (non-hydrogen) atoms. The van der Waals surface area contributed by atoms with Crippen LogP contribution < -0.4 is 0 Å². The number of ether oxygens (including phenoxy) is 4. The molecule has 5 atom stereocenters. The van der Waals surface area contributed by atoms with Gasteiger partial charge in [-0.25, -0.2) is 9.13 Å². The molecule has 0 aromatic heterocycles. The van der Waals surface area contributed by atoms with E-state index in [4.69, 9.17) is 37.0 Å². The Balaban J connectivity index is 5.21. The fourth-order valence-corrected chi connectivity index (χ4v) is 13.9. The molecule has 0 aromatic carbocycles. The fraction of sp³-hybridized carbons (Fsp3) is 0.950. The van der Waals surface area contributed by atoms with Crippen LogP contribution in [-0.2, 0) is 65.4 Å².